The predicted molar refractivity (Wildman–Crippen MR) is 132 cm³/mol. The minimum Gasteiger partial charge on any atom is -0.483 e. The summed E-state index contributed by atoms with van der Waals surface area (Å²) >= 11 is 1.46. The van der Waals surface area contributed by atoms with Crippen molar-refractivity contribution in [1.82, 2.24) is 20.3 Å². The van der Waals surface area contributed by atoms with Gasteiger partial charge in [-0.3, -0.25) is 0 Å². The lowest BCUT2D eigenvalue weighted by molar-refractivity contribution is 0.0865. The highest BCUT2D eigenvalue weighted by molar-refractivity contribution is 7.22. The molecule has 3 heterocycles. The van der Waals surface area contributed by atoms with Gasteiger partial charge >= 0.3 is 6.09 Å². The number of fused-ring (bicyclic) bond motifs is 4. The smallest absolute Gasteiger partial charge is 0.407 e. The Balaban J connectivity index is 1.47. The third-order valence-corrected chi connectivity index (χ3v) is 6.65. The second kappa shape index (κ2) is 8.60. The molecule has 35 heavy (non-hydrogen) atoms. The van der Waals surface area contributed by atoms with E-state index in [1.54, 1.807) is 13.3 Å². The zero-order valence-corrected chi connectivity index (χ0v) is 20.9. The number of nitrogens with zero attached hydrogens (tertiary/aromatic N) is 3. The number of rotatable bonds is 4. The summed E-state index contributed by atoms with van der Waals surface area (Å²) in [4.78, 5) is 25.8. The number of hydrogen-bond donors (Lipinski definition) is 1. The van der Waals surface area contributed by atoms with E-state index in [-0.39, 0.29) is 12.4 Å². The van der Waals surface area contributed by atoms with E-state index >= 15 is 0 Å². The molecule has 0 saturated carbocycles. The van der Waals surface area contributed by atoms with Crippen LogP contribution in [0.3, 0.4) is 0 Å². The lowest BCUT2D eigenvalue weighted by atomic mass is 10.1. The van der Waals surface area contributed by atoms with Crippen molar-refractivity contribution >= 4 is 38.7 Å². The summed E-state index contributed by atoms with van der Waals surface area (Å²) in [5.74, 6) is 0.139. The van der Waals surface area contributed by atoms with Crippen LogP contribution in [0.5, 0.6) is 11.6 Å². The number of aromatic nitrogens is 3. The van der Waals surface area contributed by atoms with Crippen molar-refractivity contribution < 1.29 is 23.4 Å². The molecule has 4 aromatic rings. The zero-order chi connectivity index (χ0) is 24.9. The van der Waals surface area contributed by atoms with Crippen LogP contribution in [0.15, 0.2) is 24.4 Å². The fourth-order valence-corrected chi connectivity index (χ4v) is 5.17. The second-order valence-corrected chi connectivity index (χ2v) is 10.5. The van der Waals surface area contributed by atoms with E-state index in [1.807, 2.05) is 39.8 Å². The Morgan fingerprint density at radius 1 is 1.26 bits per heavy atom. The number of carbonyl (C=O) groups is 1. The first-order valence-electron chi connectivity index (χ1n) is 11.2. The molecule has 0 radical (unpaired) electrons. The molecule has 0 unspecified atom stereocenters. The number of nitrogens with one attached hydrogen (secondary N) is 1. The molecule has 2 aromatic heterocycles. The molecule has 8 nitrogen and oxygen atoms in total. The van der Waals surface area contributed by atoms with Crippen molar-refractivity contribution in [1.29, 1.82) is 0 Å². The summed E-state index contributed by atoms with van der Waals surface area (Å²) in [5.41, 5.74) is 4.09. The van der Waals surface area contributed by atoms with Crippen molar-refractivity contribution in [3.8, 4) is 22.2 Å². The van der Waals surface area contributed by atoms with E-state index in [0.29, 0.717) is 33.9 Å². The van der Waals surface area contributed by atoms with Crippen LogP contribution in [-0.4, -0.2) is 46.4 Å². The topological polar surface area (TPSA) is 95.5 Å². The van der Waals surface area contributed by atoms with E-state index in [9.17, 15) is 9.18 Å². The first-order chi connectivity index (χ1) is 16.6. The molecule has 182 valence electrons. The Morgan fingerprint density at radius 2 is 2.06 bits per heavy atom. The van der Waals surface area contributed by atoms with Crippen LogP contribution >= 0.6 is 11.3 Å². The van der Waals surface area contributed by atoms with Crippen LogP contribution < -0.4 is 14.8 Å². The lowest BCUT2D eigenvalue weighted by Crippen LogP contribution is -2.42. The van der Waals surface area contributed by atoms with E-state index in [0.717, 1.165) is 21.4 Å². The highest BCUT2D eigenvalue weighted by Gasteiger charge is 2.31. The third-order valence-electron chi connectivity index (χ3n) is 5.48. The van der Waals surface area contributed by atoms with Gasteiger partial charge in [0.1, 0.15) is 17.7 Å². The monoisotopic (exact) mass is 496 g/mol. The molecule has 0 bridgehead atoms. The quantitative estimate of drug-likeness (QED) is 0.415. The first kappa shape index (κ1) is 23.2. The van der Waals surface area contributed by atoms with Crippen molar-refractivity contribution in [3.05, 3.63) is 41.3 Å². The van der Waals surface area contributed by atoms with Crippen molar-refractivity contribution in [2.24, 2.45) is 0 Å². The summed E-state index contributed by atoms with van der Waals surface area (Å²) in [6.07, 6.45) is 0.978. The molecule has 1 N–H and O–H groups in total. The van der Waals surface area contributed by atoms with Gasteiger partial charge in [-0.15, -0.1) is 11.3 Å². The molecule has 5 rings (SSSR count). The fraction of sp³-hybridized carbons (Fsp3) is 0.360. The summed E-state index contributed by atoms with van der Waals surface area (Å²) < 4.78 is 32.1. The maximum atomic E-state index is 14.9. The Bertz CT molecular complexity index is 1460. The van der Waals surface area contributed by atoms with Gasteiger partial charge in [0, 0.05) is 29.2 Å². The summed E-state index contributed by atoms with van der Waals surface area (Å²) in [7, 11) is 1.55. The van der Waals surface area contributed by atoms with E-state index in [1.165, 1.54) is 17.4 Å². The van der Waals surface area contributed by atoms with Crippen LogP contribution in [0.25, 0.3) is 31.8 Å². The van der Waals surface area contributed by atoms with Crippen LogP contribution in [0.4, 0.5) is 9.18 Å². The Kier molecular flexibility index (Phi) is 5.71. The molecule has 1 amide bonds. The maximum absolute atomic E-state index is 14.9. The number of thiazole rings is 1. The molecule has 2 aromatic carbocycles. The van der Waals surface area contributed by atoms with Crippen LogP contribution in [-0.2, 0) is 11.2 Å². The molecule has 1 aliphatic heterocycles. The van der Waals surface area contributed by atoms with Crippen LogP contribution in [0, 0.1) is 12.7 Å². The zero-order valence-electron chi connectivity index (χ0n) is 20.1. The third kappa shape index (κ3) is 4.58. The van der Waals surface area contributed by atoms with Gasteiger partial charge in [0.05, 0.1) is 34.6 Å². The molecular formula is C25H25FN4O4S. The van der Waals surface area contributed by atoms with Crippen molar-refractivity contribution in [3.63, 3.8) is 0 Å². The summed E-state index contributed by atoms with van der Waals surface area (Å²) in [6.45, 7) is 7.59. The molecule has 0 spiro atoms. The average Bonchev–Trinajstić information content (AvgIpc) is 3.40. The maximum Gasteiger partial charge on any atom is 0.407 e. The summed E-state index contributed by atoms with van der Waals surface area (Å²) in [6, 6.07) is 5.32. The Labute approximate surface area is 205 Å². The molecule has 0 fully saturated rings. The van der Waals surface area contributed by atoms with Crippen molar-refractivity contribution in [2.75, 3.05) is 13.7 Å². The van der Waals surface area contributed by atoms with Crippen LogP contribution in [0.1, 0.15) is 31.9 Å². The van der Waals surface area contributed by atoms with Gasteiger partial charge in [0.25, 0.3) is 0 Å². The molecule has 1 atom stereocenters. The number of halogens is 1. The molecule has 10 heteroatoms. The second-order valence-electron chi connectivity index (χ2n) is 9.54. The van der Waals surface area contributed by atoms with Gasteiger partial charge in [0.15, 0.2) is 11.6 Å². The fourth-order valence-electron chi connectivity index (χ4n) is 4.06. The largest absolute Gasteiger partial charge is 0.483 e. The summed E-state index contributed by atoms with van der Waals surface area (Å²) in [5, 5.41) is 3.45. The van der Waals surface area contributed by atoms with Gasteiger partial charge in [-0.25, -0.2) is 24.1 Å². The Morgan fingerprint density at radius 3 is 2.80 bits per heavy atom. The first-order valence-corrected chi connectivity index (χ1v) is 12.0. The number of alkyl carbamates (subject to hydrolysis) is 1. The highest BCUT2D eigenvalue weighted by atomic mass is 32.1. The number of ether oxygens (including phenoxy) is 3. The minimum absolute atomic E-state index is 0.0170. The van der Waals surface area contributed by atoms with E-state index in [4.69, 9.17) is 19.2 Å². The van der Waals surface area contributed by atoms with Crippen LogP contribution in [0.2, 0.25) is 0 Å². The number of carbonyl (C=O) groups excluding carboxylic acids is 1. The Hall–Kier alpha value is -3.53. The van der Waals surface area contributed by atoms with E-state index < -0.39 is 23.6 Å². The molecule has 0 aliphatic carbocycles. The average molecular weight is 497 g/mol. The van der Waals surface area contributed by atoms with Gasteiger partial charge in [0.2, 0.25) is 5.88 Å². The highest BCUT2D eigenvalue weighted by Crippen LogP contribution is 2.43. The van der Waals surface area contributed by atoms with Gasteiger partial charge in [-0.05, 0) is 45.4 Å². The predicted octanol–water partition coefficient (Wildman–Crippen LogP) is 5.19. The SMILES string of the molecule is COc1cnc2c(-c3nc4cc(F)c5c(c4s3)C[C@H](COC(=O)NC(C)(C)C)O5)cc(C)cc2n1. The van der Waals surface area contributed by atoms with E-state index in [2.05, 4.69) is 15.3 Å². The molecule has 1 aliphatic rings. The molecule has 0 saturated heterocycles. The standard InChI is InChI=1S/C25H25FN4O4S/c1-12-6-14(20-17(7-12)28-19(32-5)10-27-20)23-29-18-9-16(26)21-15(22(18)35-23)8-13(34-21)11-33-24(31)30-25(2,3)4/h6-7,9-10,13H,8,11H2,1-5H3,(H,30,31)/t13-/m1/s1. The number of amides is 1. The minimum atomic E-state index is -0.535. The number of hydrogen-bond acceptors (Lipinski definition) is 8. The number of aryl methyl sites for hydroxylation is 1. The lowest BCUT2D eigenvalue weighted by Gasteiger charge is -2.20. The normalized spacial score (nSPS) is 15.2. The van der Waals surface area contributed by atoms with Crippen molar-refractivity contribution in [2.45, 2.75) is 45.8 Å². The number of methoxy groups -OCH3 is 1. The number of benzene rings is 2. The van der Waals surface area contributed by atoms with Gasteiger partial charge < -0.3 is 19.5 Å². The molecular weight excluding hydrogens is 471 g/mol. The van der Waals surface area contributed by atoms with Gasteiger partial charge in [-0.2, -0.15) is 0 Å². The van der Waals surface area contributed by atoms with Gasteiger partial charge in [-0.1, -0.05) is 0 Å².